The van der Waals surface area contributed by atoms with E-state index in [1.165, 1.54) is 0 Å². The summed E-state index contributed by atoms with van der Waals surface area (Å²) in [6.45, 7) is 1.20. The zero-order chi connectivity index (χ0) is 11.4. The molecular formula is C12H16N2O2. The fraction of sp³-hybridized carbons (Fsp3) is 0.417. The van der Waals surface area contributed by atoms with Gasteiger partial charge in [0, 0.05) is 0 Å². The highest BCUT2D eigenvalue weighted by molar-refractivity contribution is 5.82. The van der Waals surface area contributed by atoms with Crippen LogP contribution in [-0.2, 0) is 16.0 Å². The Kier molecular flexibility index (Phi) is 3.54. The second-order valence-electron chi connectivity index (χ2n) is 4.04. The zero-order valence-corrected chi connectivity index (χ0v) is 9.06. The van der Waals surface area contributed by atoms with Crippen molar-refractivity contribution in [2.24, 2.45) is 5.73 Å². The van der Waals surface area contributed by atoms with Gasteiger partial charge in [0.05, 0.1) is 25.3 Å². The third-order valence-electron chi connectivity index (χ3n) is 2.62. The van der Waals surface area contributed by atoms with E-state index in [0.29, 0.717) is 19.6 Å². The van der Waals surface area contributed by atoms with Crippen molar-refractivity contribution in [3.63, 3.8) is 0 Å². The Morgan fingerprint density at radius 3 is 2.69 bits per heavy atom. The molecule has 1 aliphatic rings. The first-order chi connectivity index (χ1) is 7.75. The summed E-state index contributed by atoms with van der Waals surface area (Å²) in [4.78, 5) is 11.7. The molecule has 0 aromatic heterocycles. The Labute approximate surface area is 94.8 Å². The quantitative estimate of drug-likeness (QED) is 0.754. The highest BCUT2D eigenvalue weighted by Gasteiger charge is 2.23. The second-order valence-corrected chi connectivity index (χ2v) is 4.04. The first kappa shape index (κ1) is 11.1. The van der Waals surface area contributed by atoms with Crippen LogP contribution in [0.2, 0.25) is 0 Å². The van der Waals surface area contributed by atoms with Crippen molar-refractivity contribution in [1.29, 1.82) is 0 Å². The first-order valence-electron chi connectivity index (χ1n) is 5.43. The van der Waals surface area contributed by atoms with Gasteiger partial charge in [-0.2, -0.15) is 0 Å². The largest absolute Gasteiger partial charge is 0.377 e. The van der Waals surface area contributed by atoms with Gasteiger partial charge in [-0.25, -0.2) is 0 Å². The Bertz CT molecular complexity index is 349. The molecule has 0 radical (unpaired) electrons. The van der Waals surface area contributed by atoms with E-state index in [2.05, 4.69) is 5.32 Å². The molecular weight excluding hydrogens is 204 g/mol. The summed E-state index contributed by atoms with van der Waals surface area (Å²) < 4.78 is 4.98. The normalized spacial score (nSPS) is 17.6. The smallest absolute Gasteiger partial charge is 0.237 e. The maximum atomic E-state index is 11.7. The van der Waals surface area contributed by atoms with Gasteiger partial charge in [0.25, 0.3) is 0 Å². The van der Waals surface area contributed by atoms with Gasteiger partial charge in [-0.15, -0.1) is 0 Å². The average molecular weight is 220 g/mol. The van der Waals surface area contributed by atoms with E-state index in [1.54, 1.807) is 0 Å². The first-order valence-corrected chi connectivity index (χ1v) is 5.43. The molecule has 1 saturated heterocycles. The van der Waals surface area contributed by atoms with Gasteiger partial charge in [0.2, 0.25) is 5.91 Å². The predicted octanol–water partition coefficient (Wildman–Crippen LogP) is 0.0714. The van der Waals surface area contributed by atoms with E-state index >= 15 is 0 Å². The number of carbonyl (C=O) groups excluding carboxylic acids is 1. The number of amides is 1. The SMILES string of the molecule is NC(Cc1ccccc1)C(=O)NC1COC1. The molecule has 1 unspecified atom stereocenters. The monoisotopic (exact) mass is 220 g/mol. The third kappa shape index (κ3) is 2.81. The van der Waals surface area contributed by atoms with Gasteiger partial charge < -0.3 is 15.8 Å². The number of nitrogens with two attached hydrogens (primary N) is 1. The second kappa shape index (κ2) is 5.09. The van der Waals surface area contributed by atoms with Crippen molar-refractivity contribution < 1.29 is 9.53 Å². The average Bonchev–Trinajstić information content (AvgIpc) is 2.24. The number of benzene rings is 1. The summed E-state index contributed by atoms with van der Waals surface area (Å²) in [6, 6.07) is 9.44. The molecule has 1 fully saturated rings. The van der Waals surface area contributed by atoms with Crippen molar-refractivity contribution in [2.75, 3.05) is 13.2 Å². The number of rotatable bonds is 4. The predicted molar refractivity (Wildman–Crippen MR) is 60.9 cm³/mol. The van der Waals surface area contributed by atoms with Crippen molar-refractivity contribution in [2.45, 2.75) is 18.5 Å². The van der Waals surface area contributed by atoms with Crippen LogP contribution in [0.1, 0.15) is 5.56 Å². The van der Waals surface area contributed by atoms with Crippen molar-refractivity contribution in [3.8, 4) is 0 Å². The van der Waals surface area contributed by atoms with Crippen LogP contribution in [0.5, 0.6) is 0 Å². The minimum Gasteiger partial charge on any atom is -0.377 e. The van der Waals surface area contributed by atoms with E-state index in [0.717, 1.165) is 5.56 Å². The highest BCUT2D eigenvalue weighted by Crippen LogP contribution is 2.04. The van der Waals surface area contributed by atoms with Gasteiger partial charge >= 0.3 is 0 Å². The third-order valence-corrected chi connectivity index (χ3v) is 2.62. The van der Waals surface area contributed by atoms with E-state index in [4.69, 9.17) is 10.5 Å². The summed E-state index contributed by atoms with van der Waals surface area (Å²) in [5, 5.41) is 2.85. The molecule has 0 saturated carbocycles. The van der Waals surface area contributed by atoms with Crippen molar-refractivity contribution in [1.82, 2.24) is 5.32 Å². The van der Waals surface area contributed by atoms with Gasteiger partial charge in [0.15, 0.2) is 0 Å². The van der Waals surface area contributed by atoms with Gasteiger partial charge in [-0.1, -0.05) is 30.3 Å². The molecule has 3 N–H and O–H groups in total. The topological polar surface area (TPSA) is 64.4 Å². The fourth-order valence-electron chi connectivity index (χ4n) is 1.59. The number of hydrogen-bond donors (Lipinski definition) is 2. The van der Waals surface area contributed by atoms with E-state index < -0.39 is 6.04 Å². The maximum absolute atomic E-state index is 11.7. The van der Waals surface area contributed by atoms with Crippen LogP contribution in [0.15, 0.2) is 30.3 Å². The lowest BCUT2D eigenvalue weighted by Gasteiger charge is -2.28. The molecule has 1 aromatic rings. The molecule has 16 heavy (non-hydrogen) atoms. The molecule has 1 heterocycles. The fourth-order valence-corrected chi connectivity index (χ4v) is 1.59. The molecule has 86 valence electrons. The van der Waals surface area contributed by atoms with Crippen LogP contribution in [0, 0.1) is 0 Å². The Balaban J connectivity index is 1.82. The molecule has 0 bridgehead atoms. The van der Waals surface area contributed by atoms with Crippen LogP contribution in [0.4, 0.5) is 0 Å². The Morgan fingerprint density at radius 1 is 1.44 bits per heavy atom. The van der Waals surface area contributed by atoms with E-state index in [-0.39, 0.29) is 11.9 Å². The van der Waals surface area contributed by atoms with Crippen LogP contribution >= 0.6 is 0 Å². The van der Waals surface area contributed by atoms with Crippen molar-refractivity contribution >= 4 is 5.91 Å². The van der Waals surface area contributed by atoms with E-state index in [9.17, 15) is 4.79 Å². The minimum atomic E-state index is -0.483. The Morgan fingerprint density at radius 2 is 2.12 bits per heavy atom. The van der Waals surface area contributed by atoms with Crippen molar-refractivity contribution in [3.05, 3.63) is 35.9 Å². The molecule has 4 nitrogen and oxygen atoms in total. The molecule has 1 aromatic carbocycles. The number of nitrogens with one attached hydrogen (secondary N) is 1. The number of carbonyl (C=O) groups is 1. The summed E-state index contributed by atoms with van der Waals surface area (Å²) in [5.41, 5.74) is 6.90. The van der Waals surface area contributed by atoms with Crippen LogP contribution < -0.4 is 11.1 Å². The summed E-state index contributed by atoms with van der Waals surface area (Å²) >= 11 is 0. The zero-order valence-electron chi connectivity index (χ0n) is 9.06. The lowest BCUT2D eigenvalue weighted by Crippen LogP contribution is -2.53. The molecule has 4 heteroatoms. The van der Waals surface area contributed by atoms with Gasteiger partial charge in [-0.05, 0) is 12.0 Å². The molecule has 2 rings (SSSR count). The lowest BCUT2D eigenvalue weighted by atomic mass is 10.1. The summed E-state index contributed by atoms with van der Waals surface area (Å²) in [6.07, 6.45) is 0.570. The molecule has 1 amide bonds. The number of ether oxygens (including phenoxy) is 1. The van der Waals surface area contributed by atoms with Crippen LogP contribution in [0.25, 0.3) is 0 Å². The van der Waals surface area contributed by atoms with Gasteiger partial charge in [0.1, 0.15) is 0 Å². The Hall–Kier alpha value is -1.39. The molecule has 0 spiro atoms. The minimum absolute atomic E-state index is 0.0999. The molecule has 1 atom stereocenters. The highest BCUT2D eigenvalue weighted by atomic mass is 16.5. The lowest BCUT2D eigenvalue weighted by molar-refractivity contribution is -0.126. The van der Waals surface area contributed by atoms with Gasteiger partial charge in [-0.3, -0.25) is 4.79 Å². The van der Waals surface area contributed by atoms with E-state index in [1.807, 2.05) is 30.3 Å². The molecule has 0 aliphatic carbocycles. The van der Waals surface area contributed by atoms with Crippen LogP contribution in [-0.4, -0.2) is 31.2 Å². The van der Waals surface area contributed by atoms with Crippen LogP contribution in [0.3, 0.4) is 0 Å². The number of hydrogen-bond acceptors (Lipinski definition) is 3. The molecule has 1 aliphatic heterocycles. The maximum Gasteiger partial charge on any atom is 0.237 e. The summed E-state index contributed by atoms with van der Waals surface area (Å²) in [5.74, 6) is -0.0999. The standard InChI is InChI=1S/C12H16N2O2/c13-11(6-9-4-2-1-3-5-9)12(15)14-10-7-16-8-10/h1-5,10-11H,6-8,13H2,(H,14,15). The summed E-state index contributed by atoms with van der Waals surface area (Å²) in [7, 11) is 0.